The van der Waals surface area contributed by atoms with Crippen LogP contribution in [0.15, 0.2) is 18.2 Å². The summed E-state index contributed by atoms with van der Waals surface area (Å²) in [6.07, 6.45) is 9.13. The second-order valence-electron chi connectivity index (χ2n) is 10.2. The number of Topliss-reactive ketones (excluding diaryl/α,β-unsaturated/α-hetero) is 1. The van der Waals surface area contributed by atoms with Crippen LogP contribution in [0.3, 0.4) is 0 Å². The number of benzene rings is 1. The van der Waals surface area contributed by atoms with E-state index in [1.165, 1.54) is 49.7 Å². The highest BCUT2D eigenvalue weighted by atomic mass is 16.1. The summed E-state index contributed by atoms with van der Waals surface area (Å²) in [6, 6.07) is 6.66. The standard InChI is InChI=1S/C24H34O/c1-15(2)20-8-21(16(3)4)10-22(9-20)23(25)14-24-11-17-5-18(12-24)7-19(6-17)13-24/h8-10,15-19H,5-7,11-14H2,1-4H3. The van der Waals surface area contributed by atoms with E-state index in [-0.39, 0.29) is 0 Å². The number of ketones is 1. The first-order valence-electron chi connectivity index (χ1n) is 10.5. The predicted molar refractivity (Wildman–Crippen MR) is 104 cm³/mol. The van der Waals surface area contributed by atoms with Crippen LogP contribution in [0.4, 0.5) is 0 Å². The lowest BCUT2D eigenvalue weighted by Gasteiger charge is -2.56. The van der Waals surface area contributed by atoms with Crippen LogP contribution in [0.25, 0.3) is 0 Å². The van der Waals surface area contributed by atoms with Gasteiger partial charge in [0.15, 0.2) is 5.78 Å². The zero-order valence-electron chi connectivity index (χ0n) is 16.5. The minimum Gasteiger partial charge on any atom is -0.294 e. The molecular formula is C24H34O. The number of hydrogen-bond donors (Lipinski definition) is 0. The van der Waals surface area contributed by atoms with Crippen molar-refractivity contribution in [2.24, 2.45) is 23.2 Å². The van der Waals surface area contributed by atoms with Gasteiger partial charge in [-0.15, -0.1) is 0 Å². The number of carbonyl (C=O) groups excluding carboxylic acids is 1. The van der Waals surface area contributed by atoms with Crippen molar-refractivity contribution >= 4 is 5.78 Å². The van der Waals surface area contributed by atoms with Crippen LogP contribution < -0.4 is 0 Å². The molecule has 4 aliphatic rings. The number of hydrogen-bond acceptors (Lipinski definition) is 1. The third kappa shape index (κ3) is 3.32. The molecule has 4 fully saturated rings. The van der Waals surface area contributed by atoms with Gasteiger partial charge in [-0.05, 0) is 96.8 Å². The molecule has 0 aromatic heterocycles. The Balaban J connectivity index is 1.59. The van der Waals surface area contributed by atoms with Gasteiger partial charge in [0, 0.05) is 12.0 Å². The van der Waals surface area contributed by atoms with E-state index in [1.54, 1.807) is 0 Å². The van der Waals surface area contributed by atoms with Gasteiger partial charge in [0.2, 0.25) is 0 Å². The summed E-state index contributed by atoms with van der Waals surface area (Å²) in [5, 5.41) is 0. The molecule has 0 amide bonds. The molecule has 0 atom stereocenters. The molecule has 4 aliphatic carbocycles. The molecule has 0 heterocycles. The lowest BCUT2D eigenvalue weighted by atomic mass is 9.48. The van der Waals surface area contributed by atoms with Gasteiger partial charge in [-0.2, -0.15) is 0 Å². The van der Waals surface area contributed by atoms with Gasteiger partial charge in [0.25, 0.3) is 0 Å². The zero-order valence-corrected chi connectivity index (χ0v) is 16.5. The van der Waals surface area contributed by atoms with Crippen LogP contribution in [0.1, 0.15) is 106 Å². The Bertz CT molecular complexity index is 605. The first-order valence-corrected chi connectivity index (χ1v) is 10.5. The highest BCUT2D eigenvalue weighted by Gasteiger charge is 2.51. The van der Waals surface area contributed by atoms with E-state index in [0.29, 0.717) is 23.0 Å². The van der Waals surface area contributed by atoms with E-state index in [1.807, 2.05) is 0 Å². The number of rotatable bonds is 5. The molecule has 1 nitrogen and oxygen atoms in total. The first kappa shape index (κ1) is 17.3. The largest absolute Gasteiger partial charge is 0.294 e. The predicted octanol–water partition coefficient (Wildman–Crippen LogP) is 6.72. The summed E-state index contributed by atoms with van der Waals surface area (Å²) in [7, 11) is 0. The van der Waals surface area contributed by atoms with Crippen LogP contribution in [0.2, 0.25) is 0 Å². The third-order valence-corrected chi connectivity index (χ3v) is 7.33. The van der Waals surface area contributed by atoms with Gasteiger partial charge in [0.05, 0.1) is 0 Å². The van der Waals surface area contributed by atoms with Crippen molar-refractivity contribution in [3.05, 3.63) is 34.9 Å². The Morgan fingerprint density at radius 3 is 1.72 bits per heavy atom. The SMILES string of the molecule is CC(C)c1cc(C(=O)CC23CC4CC(CC(C4)C2)C3)cc(C(C)C)c1. The van der Waals surface area contributed by atoms with E-state index in [0.717, 1.165) is 29.7 Å². The van der Waals surface area contributed by atoms with Gasteiger partial charge in [-0.1, -0.05) is 33.8 Å². The molecule has 1 aromatic rings. The average Bonchev–Trinajstić information content (AvgIpc) is 2.52. The highest BCUT2D eigenvalue weighted by Crippen LogP contribution is 2.61. The third-order valence-electron chi connectivity index (χ3n) is 7.33. The summed E-state index contributed by atoms with van der Waals surface area (Å²) in [5.74, 6) is 4.13. The van der Waals surface area contributed by atoms with Crippen molar-refractivity contribution in [3.63, 3.8) is 0 Å². The Morgan fingerprint density at radius 1 is 0.880 bits per heavy atom. The Kier molecular flexibility index (Phi) is 4.33. The molecule has 0 spiro atoms. The molecule has 4 saturated carbocycles. The van der Waals surface area contributed by atoms with E-state index < -0.39 is 0 Å². The van der Waals surface area contributed by atoms with Gasteiger partial charge < -0.3 is 0 Å². The van der Waals surface area contributed by atoms with Crippen LogP contribution in [0, 0.1) is 23.2 Å². The molecule has 136 valence electrons. The molecule has 0 radical (unpaired) electrons. The maximum atomic E-state index is 13.3. The molecule has 0 aliphatic heterocycles. The second kappa shape index (κ2) is 6.25. The summed E-state index contributed by atoms with van der Waals surface area (Å²) in [5.41, 5.74) is 3.96. The van der Waals surface area contributed by atoms with Crippen molar-refractivity contribution in [3.8, 4) is 0 Å². The van der Waals surface area contributed by atoms with Gasteiger partial charge >= 0.3 is 0 Å². The summed E-state index contributed by atoms with van der Waals surface area (Å²) in [4.78, 5) is 13.3. The fourth-order valence-electron chi connectivity index (χ4n) is 6.45. The van der Waals surface area contributed by atoms with Crippen LogP contribution in [-0.2, 0) is 0 Å². The molecule has 1 heteroatoms. The Labute approximate surface area is 153 Å². The molecule has 25 heavy (non-hydrogen) atoms. The summed E-state index contributed by atoms with van der Waals surface area (Å²) in [6.45, 7) is 8.92. The van der Waals surface area contributed by atoms with Crippen molar-refractivity contribution in [1.82, 2.24) is 0 Å². The van der Waals surface area contributed by atoms with E-state index in [2.05, 4.69) is 45.9 Å². The summed E-state index contributed by atoms with van der Waals surface area (Å²) >= 11 is 0. The quantitative estimate of drug-likeness (QED) is 0.544. The Hall–Kier alpha value is -1.11. The van der Waals surface area contributed by atoms with Crippen molar-refractivity contribution in [1.29, 1.82) is 0 Å². The molecule has 5 rings (SSSR count). The number of carbonyl (C=O) groups is 1. The van der Waals surface area contributed by atoms with Crippen molar-refractivity contribution in [2.75, 3.05) is 0 Å². The topological polar surface area (TPSA) is 17.1 Å². The minimum absolute atomic E-state index is 0.345. The first-order chi connectivity index (χ1) is 11.8. The second-order valence-corrected chi connectivity index (χ2v) is 10.2. The molecule has 0 N–H and O–H groups in total. The molecule has 0 saturated heterocycles. The average molecular weight is 339 g/mol. The van der Waals surface area contributed by atoms with E-state index in [9.17, 15) is 4.79 Å². The van der Waals surface area contributed by atoms with Gasteiger partial charge in [-0.25, -0.2) is 0 Å². The zero-order chi connectivity index (χ0) is 17.8. The van der Waals surface area contributed by atoms with Crippen molar-refractivity contribution < 1.29 is 4.79 Å². The van der Waals surface area contributed by atoms with Crippen LogP contribution in [0.5, 0.6) is 0 Å². The molecular weight excluding hydrogens is 304 g/mol. The summed E-state index contributed by atoms with van der Waals surface area (Å²) < 4.78 is 0. The Morgan fingerprint density at radius 2 is 1.32 bits per heavy atom. The van der Waals surface area contributed by atoms with Gasteiger partial charge in [-0.3, -0.25) is 4.79 Å². The maximum Gasteiger partial charge on any atom is 0.163 e. The van der Waals surface area contributed by atoms with Crippen molar-refractivity contribution in [2.45, 2.75) is 84.5 Å². The van der Waals surface area contributed by atoms with Crippen LogP contribution in [-0.4, -0.2) is 5.78 Å². The minimum atomic E-state index is 0.345. The maximum absolute atomic E-state index is 13.3. The smallest absolute Gasteiger partial charge is 0.163 e. The molecule has 1 aromatic carbocycles. The van der Waals surface area contributed by atoms with Crippen LogP contribution >= 0.6 is 0 Å². The molecule has 4 bridgehead atoms. The fraction of sp³-hybridized carbons (Fsp3) is 0.708. The van der Waals surface area contributed by atoms with Gasteiger partial charge in [0.1, 0.15) is 0 Å². The lowest BCUT2D eigenvalue weighted by molar-refractivity contribution is -0.0524. The van der Waals surface area contributed by atoms with E-state index >= 15 is 0 Å². The van der Waals surface area contributed by atoms with E-state index in [4.69, 9.17) is 0 Å². The fourth-order valence-corrected chi connectivity index (χ4v) is 6.45. The lowest BCUT2D eigenvalue weighted by Crippen LogP contribution is -2.46. The highest BCUT2D eigenvalue weighted by molar-refractivity contribution is 5.97. The monoisotopic (exact) mass is 338 g/mol. The normalized spacial score (nSPS) is 33.4. The molecule has 0 unspecified atom stereocenters.